The predicted octanol–water partition coefficient (Wildman–Crippen LogP) is 7.40. The van der Waals surface area contributed by atoms with Crippen molar-refractivity contribution < 1.29 is 14.6 Å². The van der Waals surface area contributed by atoms with E-state index in [1.165, 1.54) is 19.3 Å². The van der Waals surface area contributed by atoms with Crippen LogP contribution in [0.15, 0.2) is 48.2 Å². The number of carbonyl (C=O) groups excluding carboxylic acids is 1. The smallest absolute Gasteiger partial charge is 0.408 e. The molecule has 4 unspecified atom stereocenters. The van der Waals surface area contributed by atoms with Gasteiger partial charge in [0.2, 0.25) is 0 Å². The Morgan fingerprint density at radius 2 is 1.76 bits per heavy atom. The highest BCUT2D eigenvalue weighted by molar-refractivity contribution is 5.71. The van der Waals surface area contributed by atoms with Crippen molar-refractivity contribution >= 4 is 6.09 Å². The average Bonchev–Trinajstić information content (AvgIpc) is 3.23. The van der Waals surface area contributed by atoms with Gasteiger partial charge in [0.1, 0.15) is 12.3 Å². The van der Waals surface area contributed by atoms with E-state index in [0.717, 1.165) is 37.3 Å². The van der Waals surface area contributed by atoms with Gasteiger partial charge in [-0.25, -0.2) is 4.79 Å². The van der Waals surface area contributed by atoms with Crippen molar-refractivity contribution in [2.75, 3.05) is 0 Å². The highest BCUT2D eigenvalue weighted by atomic mass is 16.6. The normalized spacial score (nSPS) is 20.0. The second kappa shape index (κ2) is 23.2. The number of alkyl carbamates (subject to hydrolysis) is 1. The largest absolute Gasteiger partial charge is 0.439 e. The molecule has 3 N–H and O–H groups in total. The number of rotatable bonds is 12. The van der Waals surface area contributed by atoms with Crippen molar-refractivity contribution in [1.29, 1.82) is 0 Å². The van der Waals surface area contributed by atoms with Gasteiger partial charge < -0.3 is 20.5 Å². The van der Waals surface area contributed by atoms with Gasteiger partial charge in [-0.2, -0.15) is 0 Å². The maximum atomic E-state index is 11.2. The zero-order valence-corrected chi connectivity index (χ0v) is 22.6. The van der Waals surface area contributed by atoms with Crippen LogP contribution in [0, 0.1) is 5.92 Å². The Bertz CT molecular complexity index is 582. The van der Waals surface area contributed by atoms with Gasteiger partial charge in [-0.1, -0.05) is 98.1 Å². The molecule has 1 fully saturated rings. The number of amides is 1. The van der Waals surface area contributed by atoms with Crippen LogP contribution in [0.5, 0.6) is 0 Å². The molecule has 2 rings (SSSR count). The zero-order valence-electron chi connectivity index (χ0n) is 22.6. The molecule has 5 nitrogen and oxygen atoms in total. The van der Waals surface area contributed by atoms with Gasteiger partial charge in [-0.3, -0.25) is 0 Å². The van der Waals surface area contributed by atoms with Crippen molar-refractivity contribution in [3.63, 3.8) is 0 Å². The summed E-state index contributed by atoms with van der Waals surface area (Å²) in [5.74, 6) is 0.760. The van der Waals surface area contributed by atoms with Crippen LogP contribution >= 0.6 is 0 Å². The van der Waals surface area contributed by atoms with Gasteiger partial charge in [-0.15, -0.1) is 0 Å². The molecule has 0 saturated carbocycles. The standard InChI is InChI=1S/C22H34N2O3.3C2H6/c1-3-5-6-7-8-11-17(4-2)12-9-10-13-21(25)23-18-14-15-19-20(16-18)27-22(26)24-19;3*1-2/h3,5-7,14-17,19-21,23,25H,4,8-13H2,1-2H3,(H,24,26);3*1-2H3/b5-3-,7-6-;;;. The number of hydrogen-bond donors (Lipinski definition) is 3. The Hall–Kier alpha value is -2.01. The Balaban J connectivity index is 0. The first-order valence-corrected chi connectivity index (χ1v) is 13.2. The molecule has 5 heteroatoms. The van der Waals surface area contributed by atoms with Gasteiger partial charge in [0.25, 0.3) is 0 Å². The predicted molar refractivity (Wildman–Crippen MR) is 143 cm³/mol. The minimum absolute atomic E-state index is 0.0981. The first kappa shape index (κ1) is 33.2. The van der Waals surface area contributed by atoms with Crippen LogP contribution in [-0.2, 0) is 4.74 Å². The molecule has 0 bridgehead atoms. The summed E-state index contributed by atoms with van der Waals surface area (Å²) in [6.07, 6.45) is 20.5. The summed E-state index contributed by atoms with van der Waals surface area (Å²) in [5, 5.41) is 16.0. The van der Waals surface area contributed by atoms with Gasteiger partial charge in [-0.05, 0) is 50.7 Å². The number of aliphatic hydroxyl groups excluding tert-OH is 1. The SMILES string of the molecule is C/C=C\C=C/CCC(CC)CCCCC(O)NC1=CC2OC(=O)NC2C=C1.CC.CC.CC. The van der Waals surface area contributed by atoms with E-state index in [1.54, 1.807) is 0 Å². The van der Waals surface area contributed by atoms with Crippen LogP contribution in [0.3, 0.4) is 0 Å². The molecule has 1 amide bonds. The summed E-state index contributed by atoms with van der Waals surface area (Å²) >= 11 is 0. The molecule has 33 heavy (non-hydrogen) atoms. The summed E-state index contributed by atoms with van der Waals surface area (Å²) in [6, 6.07) is -0.0981. The second-order valence-electron chi connectivity index (χ2n) is 7.27. The number of nitrogens with one attached hydrogen (secondary N) is 2. The summed E-state index contributed by atoms with van der Waals surface area (Å²) in [5.41, 5.74) is 0.805. The second-order valence-corrected chi connectivity index (χ2v) is 7.27. The van der Waals surface area contributed by atoms with E-state index in [1.807, 2.05) is 72.8 Å². The van der Waals surface area contributed by atoms with Crippen molar-refractivity contribution in [1.82, 2.24) is 10.6 Å². The Labute approximate surface area is 204 Å². The lowest BCUT2D eigenvalue weighted by molar-refractivity contribution is 0.134. The van der Waals surface area contributed by atoms with E-state index < -0.39 is 12.3 Å². The highest BCUT2D eigenvalue weighted by Crippen LogP contribution is 2.21. The number of aliphatic hydroxyl groups is 1. The summed E-state index contributed by atoms with van der Waals surface area (Å²) in [7, 11) is 0. The molecule has 4 atom stereocenters. The number of allylic oxidation sites excluding steroid dienone is 5. The van der Waals surface area contributed by atoms with E-state index in [-0.39, 0.29) is 12.1 Å². The van der Waals surface area contributed by atoms with Gasteiger partial charge in [0.15, 0.2) is 0 Å². The molecule has 1 saturated heterocycles. The van der Waals surface area contributed by atoms with E-state index in [4.69, 9.17) is 4.74 Å². The summed E-state index contributed by atoms with van der Waals surface area (Å²) in [4.78, 5) is 11.2. The van der Waals surface area contributed by atoms with E-state index >= 15 is 0 Å². The molecule has 0 spiro atoms. The van der Waals surface area contributed by atoms with Crippen molar-refractivity contribution in [2.45, 2.75) is 119 Å². The van der Waals surface area contributed by atoms with Gasteiger partial charge >= 0.3 is 6.09 Å². The van der Waals surface area contributed by atoms with Gasteiger partial charge in [0, 0.05) is 5.70 Å². The minimum atomic E-state index is -0.577. The first-order valence-electron chi connectivity index (χ1n) is 13.2. The molecule has 0 aromatic carbocycles. The third kappa shape index (κ3) is 15.5. The molecule has 192 valence electrons. The quantitative estimate of drug-likeness (QED) is 0.160. The fraction of sp³-hybridized carbons (Fsp3) is 0.679. The lowest BCUT2D eigenvalue weighted by Gasteiger charge is -2.20. The molecule has 1 aliphatic carbocycles. The fourth-order valence-electron chi connectivity index (χ4n) is 3.49. The fourth-order valence-corrected chi connectivity index (χ4v) is 3.49. The monoisotopic (exact) mass is 464 g/mol. The lowest BCUT2D eigenvalue weighted by Crippen LogP contribution is -2.34. The molecule has 1 aliphatic heterocycles. The molecular formula is C28H52N2O3. The number of carbonyl (C=O) groups is 1. The number of ether oxygens (including phenoxy) is 1. The molecule has 0 aromatic rings. The Kier molecular flexibility index (Phi) is 23.3. The van der Waals surface area contributed by atoms with Crippen molar-refractivity contribution in [3.05, 3.63) is 48.2 Å². The third-order valence-corrected chi connectivity index (χ3v) is 5.14. The van der Waals surface area contributed by atoms with Crippen molar-refractivity contribution in [2.24, 2.45) is 5.92 Å². The molecule has 2 aliphatic rings. The summed E-state index contributed by atoms with van der Waals surface area (Å²) in [6.45, 7) is 16.3. The minimum Gasteiger partial charge on any atom is -0.439 e. The lowest BCUT2D eigenvalue weighted by atomic mass is 9.93. The van der Waals surface area contributed by atoms with Crippen LogP contribution in [0.1, 0.15) is 100 Å². The van der Waals surface area contributed by atoms with Crippen molar-refractivity contribution in [3.8, 4) is 0 Å². The molecule has 0 aromatic heterocycles. The van der Waals surface area contributed by atoms with Gasteiger partial charge in [0.05, 0.1) is 6.04 Å². The van der Waals surface area contributed by atoms with E-state index in [9.17, 15) is 9.90 Å². The molecule has 1 heterocycles. The van der Waals surface area contributed by atoms with E-state index in [0.29, 0.717) is 0 Å². The Morgan fingerprint density at radius 1 is 1.09 bits per heavy atom. The maximum Gasteiger partial charge on any atom is 0.408 e. The molecular weight excluding hydrogens is 412 g/mol. The Morgan fingerprint density at radius 3 is 2.39 bits per heavy atom. The number of fused-ring (bicyclic) bond motifs is 1. The molecule has 0 radical (unpaired) electrons. The van der Waals surface area contributed by atoms with Crippen LogP contribution in [-0.4, -0.2) is 29.6 Å². The van der Waals surface area contributed by atoms with E-state index in [2.05, 4.69) is 35.8 Å². The highest BCUT2D eigenvalue weighted by Gasteiger charge is 2.32. The third-order valence-electron chi connectivity index (χ3n) is 5.14. The van der Waals surface area contributed by atoms with Crippen LogP contribution in [0.4, 0.5) is 4.79 Å². The van der Waals surface area contributed by atoms with Crippen LogP contribution < -0.4 is 10.6 Å². The zero-order chi connectivity index (χ0) is 25.5. The maximum absolute atomic E-state index is 11.2. The van der Waals surface area contributed by atoms with Crippen LogP contribution in [0.25, 0.3) is 0 Å². The van der Waals surface area contributed by atoms with Crippen LogP contribution in [0.2, 0.25) is 0 Å². The summed E-state index contributed by atoms with van der Waals surface area (Å²) < 4.78 is 5.16. The first-order chi connectivity index (χ1) is 16.1. The number of hydrogen-bond acceptors (Lipinski definition) is 4. The average molecular weight is 465 g/mol. The number of unbranched alkanes of at least 4 members (excludes halogenated alkanes) is 1. The topological polar surface area (TPSA) is 70.6 Å².